The molecule has 116 valence electrons. The zero-order chi connectivity index (χ0) is 15.2. The molecular weight excluding hydrogens is 268 g/mol. The van der Waals surface area contributed by atoms with Crippen LogP contribution in [0.25, 0.3) is 0 Å². The molecule has 1 aliphatic rings. The molecule has 1 aliphatic carbocycles. The second kappa shape index (κ2) is 7.24. The predicted octanol–water partition coefficient (Wildman–Crippen LogP) is 1.61. The number of nitrogens with zero attached hydrogens (tertiary/aromatic N) is 2. The second-order valence-corrected chi connectivity index (χ2v) is 5.88. The van der Waals surface area contributed by atoms with Gasteiger partial charge in [0.2, 0.25) is 0 Å². The number of urea groups is 1. The lowest BCUT2D eigenvalue weighted by molar-refractivity contribution is 0.238. The number of amides is 2. The molecule has 6 heteroatoms. The van der Waals surface area contributed by atoms with E-state index in [4.69, 9.17) is 0 Å². The number of hydrogen-bond acceptors (Lipinski definition) is 3. The van der Waals surface area contributed by atoms with Gasteiger partial charge in [0.25, 0.3) is 5.56 Å². The van der Waals surface area contributed by atoms with E-state index in [2.05, 4.69) is 15.6 Å². The van der Waals surface area contributed by atoms with Crippen molar-refractivity contribution in [3.63, 3.8) is 0 Å². The third-order valence-electron chi connectivity index (χ3n) is 3.73. The summed E-state index contributed by atoms with van der Waals surface area (Å²) in [5, 5.41) is 5.46. The van der Waals surface area contributed by atoms with Crippen molar-refractivity contribution >= 4 is 6.03 Å². The van der Waals surface area contributed by atoms with Gasteiger partial charge in [-0.2, -0.15) is 0 Å². The summed E-state index contributed by atoms with van der Waals surface area (Å²) in [6.45, 7) is 4.64. The van der Waals surface area contributed by atoms with Crippen molar-refractivity contribution in [3.8, 4) is 0 Å². The molecule has 0 unspecified atom stereocenters. The smallest absolute Gasteiger partial charge is 0.315 e. The van der Waals surface area contributed by atoms with Crippen molar-refractivity contribution in [1.29, 1.82) is 0 Å². The van der Waals surface area contributed by atoms with Gasteiger partial charge in [-0.25, -0.2) is 9.78 Å². The molecule has 0 radical (unpaired) electrons. The fourth-order valence-corrected chi connectivity index (χ4v) is 2.66. The Kier molecular flexibility index (Phi) is 5.36. The van der Waals surface area contributed by atoms with Crippen LogP contribution >= 0.6 is 0 Å². The van der Waals surface area contributed by atoms with E-state index in [9.17, 15) is 9.59 Å². The lowest BCUT2D eigenvalue weighted by atomic mass is 10.0. The van der Waals surface area contributed by atoms with Crippen molar-refractivity contribution in [2.75, 3.05) is 6.54 Å². The Bertz CT molecular complexity index is 533. The van der Waals surface area contributed by atoms with E-state index in [-0.39, 0.29) is 17.6 Å². The van der Waals surface area contributed by atoms with Crippen LogP contribution in [0.15, 0.2) is 17.2 Å². The zero-order valence-corrected chi connectivity index (χ0v) is 12.8. The van der Waals surface area contributed by atoms with Crippen LogP contribution in [-0.2, 0) is 6.54 Å². The van der Waals surface area contributed by atoms with Gasteiger partial charge in [0.05, 0.1) is 12.0 Å². The summed E-state index contributed by atoms with van der Waals surface area (Å²) in [5.74, 6) is 0.447. The van der Waals surface area contributed by atoms with Crippen LogP contribution in [0, 0.1) is 0 Å². The van der Waals surface area contributed by atoms with Crippen LogP contribution < -0.4 is 16.2 Å². The molecule has 1 aromatic rings. The Morgan fingerprint density at radius 2 is 2.14 bits per heavy atom. The first kappa shape index (κ1) is 15.5. The first-order chi connectivity index (χ1) is 10.1. The van der Waals surface area contributed by atoms with Gasteiger partial charge in [0.15, 0.2) is 0 Å². The molecule has 2 N–H and O–H groups in total. The number of carbonyl (C=O) groups is 1. The van der Waals surface area contributed by atoms with E-state index in [1.807, 2.05) is 13.8 Å². The van der Waals surface area contributed by atoms with Crippen molar-refractivity contribution in [2.24, 2.45) is 0 Å². The van der Waals surface area contributed by atoms with E-state index in [0.717, 1.165) is 18.5 Å². The molecule has 0 bridgehead atoms. The maximum absolute atomic E-state index is 12.0. The Balaban J connectivity index is 1.86. The predicted molar refractivity (Wildman–Crippen MR) is 81.4 cm³/mol. The van der Waals surface area contributed by atoms with E-state index in [0.29, 0.717) is 19.0 Å². The molecule has 0 spiro atoms. The lowest BCUT2D eigenvalue weighted by Crippen LogP contribution is -2.41. The van der Waals surface area contributed by atoms with Crippen molar-refractivity contribution in [3.05, 3.63) is 28.4 Å². The highest BCUT2D eigenvalue weighted by Crippen LogP contribution is 2.32. The fourth-order valence-electron chi connectivity index (χ4n) is 2.66. The third kappa shape index (κ3) is 4.58. The highest BCUT2D eigenvalue weighted by Gasteiger charge is 2.18. The minimum atomic E-state index is -0.214. The molecule has 1 saturated carbocycles. The average Bonchev–Trinajstić information content (AvgIpc) is 2.93. The topological polar surface area (TPSA) is 76.0 Å². The molecule has 0 aliphatic heterocycles. The van der Waals surface area contributed by atoms with Crippen LogP contribution in [0.4, 0.5) is 4.79 Å². The fraction of sp³-hybridized carbons (Fsp3) is 0.667. The van der Waals surface area contributed by atoms with Crippen LogP contribution in [0.1, 0.15) is 51.1 Å². The van der Waals surface area contributed by atoms with Gasteiger partial charge in [0, 0.05) is 31.1 Å². The number of nitrogens with one attached hydrogen (secondary N) is 2. The van der Waals surface area contributed by atoms with Crippen molar-refractivity contribution < 1.29 is 4.79 Å². The third-order valence-corrected chi connectivity index (χ3v) is 3.73. The monoisotopic (exact) mass is 292 g/mol. The van der Waals surface area contributed by atoms with Crippen molar-refractivity contribution in [2.45, 2.75) is 58.0 Å². The van der Waals surface area contributed by atoms with Gasteiger partial charge in [-0.05, 0) is 26.7 Å². The summed E-state index contributed by atoms with van der Waals surface area (Å²) in [6.07, 6.45) is 6.31. The molecular formula is C15H24N4O2. The highest BCUT2D eigenvalue weighted by molar-refractivity contribution is 5.73. The number of hydrogen-bond donors (Lipinski definition) is 2. The SMILES string of the molecule is CC(C)NC(=O)NCCn1cnc(C2CCCC2)cc1=O. The van der Waals surface area contributed by atoms with E-state index in [1.165, 1.54) is 17.4 Å². The molecule has 1 aromatic heterocycles. The van der Waals surface area contributed by atoms with Gasteiger partial charge in [-0.3, -0.25) is 9.36 Å². The summed E-state index contributed by atoms with van der Waals surface area (Å²) in [4.78, 5) is 27.9. The van der Waals surface area contributed by atoms with E-state index < -0.39 is 0 Å². The molecule has 2 amide bonds. The van der Waals surface area contributed by atoms with Gasteiger partial charge in [0.1, 0.15) is 0 Å². The van der Waals surface area contributed by atoms with Crippen LogP contribution in [0.3, 0.4) is 0 Å². The average molecular weight is 292 g/mol. The number of aromatic nitrogens is 2. The molecule has 1 heterocycles. The molecule has 0 atom stereocenters. The first-order valence-electron chi connectivity index (χ1n) is 7.67. The Morgan fingerprint density at radius 1 is 1.43 bits per heavy atom. The Morgan fingerprint density at radius 3 is 2.76 bits per heavy atom. The van der Waals surface area contributed by atoms with Crippen LogP contribution in [0.5, 0.6) is 0 Å². The lowest BCUT2D eigenvalue weighted by Gasteiger charge is -2.12. The highest BCUT2D eigenvalue weighted by atomic mass is 16.2. The van der Waals surface area contributed by atoms with E-state index in [1.54, 1.807) is 12.4 Å². The minimum absolute atomic E-state index is 0.0435. The normalized spacial score (nSPS) is 15.4. The van der Waals surface area contributed by atoms with Crippen LogP contribution in [-0.4, -0.2) is 28.2 Å². The summed E-state index contributed by atoms with van der Waals surface area (Å²) >= 11 is 0. The van der Waals surface area contributed by atoms with Gasteiger partial charge >= 0.3 is 6.03 Å². The van der Waals surface area contributed by atoms with Crippen LogP contribution in [0.2, 0.25) is 0 Å². The maximum Gasteiger partial charge on any atom is 0.315 e. The second-order valence-electron chi connectivity index (χ2n) is 5.88. The summed E-state index contributed by atoms with van der Waals surface area (Å²) in [5.41, 5.74) is 0.872. The van der Waals surface area contributed by atoms with Gasteiger partial charge in [-0.1, -0.05) is 12.8 Å². The first-order valence-corrected chi connectivity index (χ1v) is 7.67. The van der Waals surface area contributed by atoms with Gasteiger partial charge < -0.3 is 10.6 Å². The van der Waals surface area contributed by atoms with E-state index >= 15 is 0 Å². The summed E-state index contributed by atoms with van der Waals surface area (Å²) in [7, 11) is 0. The quantitative estimate of drug-likeness (QED) is 0.865. The van der Waals surface area contributed by atoms with Crippen molar-refractivity contribution in [1.82, 2.24) is 20.2 Å². The summed E-state index contributed by atoms with van der Waals surface area (Å²) < 4.78 is 1.54. The molecule has 6 nitrogen and oxygen atoms in total. The molecule has 2 rings (SSSR count). The zero-order valence-electron chi connectivity index (χ0n) is 12.8. The number of carbonyl (C=O) groups excluding carboxylic acids is 1. The molecule has 21 heavy (non-hydrogen) atoms. The number of rotatable bonds is 5. The minimum Gasteiger partial charge on any atom is -0.336 e. The summed E-state index contributed by atoms with van der Waals surface area (Å²) in [6, 6.07) is 1.53. The maximum atomic E-state index is 12.0. The Labute approximate surface area is 125 Å². The Hall–Kier alpha value is -1.85. The standard InChI is InChI=1S/C15H24N4O2/c1-11(2)18-15(21)16-7-8-19-10-17-13(9-14(19)20)12-5-3-4-6-12/h9-12H,3-8H2,1-2H3,(H2,16,18,21). The molecule has 0 aromatic carbocycles. The molecule has 1 fully saturated rings. The van der Waals surface area contributed by atoms with Gasteiger partial charge in [-0.15, -0.1) is 0 Å². The largest absolute Gasteiger partial charge is 0.336 e. The molecule has 0 saturated heterocycles.